The van der Waals surface area contributed by atoms with Crippen molar-refractivity contribution in [2.75, 3.05) is 7.11 Å². The predicted octanol–water partition coefficient (Wildman–Crippen LogP) is 2.48. The number of hydrogen-bond acceptors (Lipinski definition) is 5. The highest BCUT2D eigenvalue weighted by molar-refractivity contribution is 5.91. The standard InChI is InChI=1S/C19H23NO5/c1-13(18(22)20-16-5-3-4-6-16)25-17(21)12-9-14-7-10-15(11-8-14)19(23)24-2/h7-13,16H,3-6H2,1-2H3,(H,20,22)/b12-9+/t13-/m1/s1. The van der Waals surface area contributed by atoms with Crippen LogP contribution in [0.3, 0.4) is 0 Å². The van der Waals surface area contributed by atoms with Crippen LogP contribution in [0, 0.1) is 0 Å². The Morgan fingerprint density at radius 3 is 2.40 bits per heavy atom. The summed E-state index contributed by atoms with van der Waals surface area (Å²) < 4.78 is 9.73. The van der Waals surface area contributed by atoms with Gasteiger partial charge in [0.25, 0.3) is 5.91 Å². The van der Waals surface area contributed by atoms with Crippen molar-refractivity contribution in [2.24, 2.45) is 0 Å². The fourth-order valence-electron chi connectivity index (χ4n) is 2.67. The average Bonchev–Trinajstić information content (AvgIpc) is 3.12. The maximum absolute atomic E-state index is 12.0. The summed E-state index contributed by atoms with van der Waals surface area (Å²) >= 11 is 0. The summed E-state index contributed by atoms with van der Waals surface area (Å²) in [6.07, 6.45) is 6.19. The molecule has 2 rings (SSSR count). The zero-order valence-corrected chi connectivity index (χ0v) is 14.5. The van der Waals surface area contributed by atoms with Gasteiger partial charge in [0.15, 0.2) is 6.10 Å². The highest BCUT2D eigenvalue weighted by atomic mass is 16.5. The van der Waals surface area contributed by atoms with Crippen LogP contribution in [0.4, 0.5) is 0 Å². The number of hydrogen-bond donors (Lipinski definition) is 1. The molecule has 0 bridgehead atoms. The topological polar surface area (TPSA) is 81.7 Å². The van der Waals surface area contributed by atoms with E-state index in [9.17, 15) is 14.4 Å². The normalized spacial score (nSPS) is 15.8. The number of amides is 1. The first-order valence-corrected chi connectivity index (χ1v) is 8.37. The van der Waals surface area contributed by atoms with Gasteiger partial charge in [0.2, 0.25) is 0 Å². The molecule has 134 valence electrons. The minimum absolute atomic E-state index is 0.192. The lowest BCUT2D eigenvalue weighted by Crippen LogP contribution is -2.40. The lowest BCUT2D eigenvalue weighted by atomic mass is 10.1. The third-order valence-electron chi connectivity index (χ3n) is 4.11. The van der Waals surface area contributed by atoms with Crippen LogP contribution in [0.5, 0.6) is 0 Å². The Bertz CT molecular complexity index is 644. The van der Waals surface area contributed by atoms with E-state index in [2.05, 4.69) is 10.1 Å². The lowest BCUT2D eigenvalue weighted by Gasteiger charge is -2.16. The maximum atomic E-state index is 12.0. The number of ether oxygens (including phenoxy) is 2. The summed E-state index contributed by atoms with van der Waals surface area (Å²) in [6.45, 7) is 1.56. The van der Waals surface area contributed by atoms with Crippen LogP contribution in [0.2, 0.25) is 0 Å². The van der Waals surface area contributed by atoms with Gasteiger partial charge in [0.05, 0.1) is 12.7 Å². The second-order valence-corrected chi connectivity index (χ2v) is 6.02. The Labute approximate surface area is 147 Å². The van der Waals surface area contributed by atoms with Crippen LogP contribution < -0.4 is 5.32 Å². The van der Waals surface area contributed by atoms with Crippen LogP contribution in [0.25, 0.3) is 6.08 Å². The minimum Gasteiger partial charge on any atom is -0.465 e. The highest BCUT2D eigenvalue weighted by Gasteiger charge is 2.22. The van der Waals surface area contributed by atoms with Gasteiger partial charge >= 0.3 is 11.9 Å². The van der Waals surface area contributed by atoms with E-state index < -0.39 is 18.0 Å². The van der Waals surface area contributed by atoms with Crippen molar-refractivity contribution in [3.05, 3.63) is 41.5 Å². The molecule has 0 aliphatic heterocycles. The van der Waals surface area contributed by atoms with Gasteiger partial charge < -0.3 is 14.8 Å². The molecule has 25 heavy (non-hydrogen) atoms. The van der Waals surface area contributed by atoms with Crippen molar-refractivity contribution in [1.29, 1.82) is 0 Å². The molecule has 1 aliphatic carbocycles. The first-order valence-electron chi connectivity index (χ1n) is 8.37. The third kappa shape index (κ3) is 5.74. The van der Waals surface area contributed by atoms with Crippen LogP contribution in [-0.2, 0) is 19.1 Å². The SMILES string of the molecule is COC(=O)c1ccc(/C=C/C(=O)O[C@H](C)C(=O)NC2CCCC2)cc1. The summed E-state index contributed by atoms with van der Waals surface area (Å²) in [5.41, 5.74) is 1.16. The Hall–Kier alpha value is -2.63. The molecule has 0 radical (unpaired) electrons. The summed E-state index contributed by atoms with van der Waals surface area (Å²) in [7, 11) is 1.32. The fourth-order valence-corrected chi connectivity index (χ4v) is 2.67. The average molecular weight is 345 g/mol. The van der Waals surface area contributed by atoms with Crippen molar-refractivity contribution >= 4 is 23.9 Å². The molecule has 0 spiro atoms. The van der Waals surface area contributed by atoms with E-state index in [4.69, 9.17) is 4.74 Å². The first kappa shape index (κ1) is 18.7. The second kappa shape index (κ2) is 9.01. The smallest absolute Gasteiger partial charge is 0.337 e. The van der Waals surface area contributed by atoms with E-state index >= 15 is 0 Å². The summed E-state index contributed by atoms with van der Waals surface area (Å²) in [4.78, 5) is 35.2. The molecule has 1 fully saturated rings. The zero-order chi connectivity index (χ0) is 18.2. The Morgan fingerprint density at radius 2 is 1.80 bits per heavy atom. The Morgan fingerprint density at radius 1 is 1.16 bits per heavy atom. The van der Waals surface area contributed by atoms with Crippen molar-refractivity contribution in [1.82, 2.24) is 5.32 Å². The van der Waals surface area contributed by atoms with E-state index in [1.165, 1.54) is 13.2 Å². The zero-order valence-electron chi connectivity index (χ0n) is 14.5. The first-order chi connectivity index (χ1) is 12.0. The molecule has 6 nitrogen and oxygen atoms in total. The molecule has 6 heteroatoms. The van der Waals surface area contributed by atoms with Gasteiger partial charge in [0.1, 0.15) is 0 Å². The molecule has 0 unspecified atom stereocenters. The molecular formula is C19H23NO5. The van der Waals surface area contributed by atoms with Crippen molar-refractivity contribution in [3.8, 4) is 0 Å². The van der Waals surface area contributed by atoms with Crippen LogP contribution in [-0.4, -0.2) is 37.1 Å². The van der Waals surface area contributed by atoms with Gasteiger partial charge in [-0.25, -0.2) is 9.59 Å². The second-order valence-electron chi connectivity index (χ2n) is 6.02. The Kier molecular flexibility index (Phi) is 6.74. The highest BCUT2D eigenvalue weighted by Crippen LogP contribution is 2.17. The maximum Gasteiger partial charge on any atom is 0.337 e. The molecule has 0 saturated heterocycles. The molecule has 1 aromatic rings. The summed E-state index contributed by atoms with van der Waals surface area (Å²) in [5.74, 6) is -1.28. The molecule has 1 N–H and O–H groups in total. The molecule has 1 amide bonds. The molecular weight excluding hydrogens is 322 g/mol. The number of carbonyl (C=O) groups is 3. The van der Waals surface area contributed by atoms with Gasteiger partial charge in [-0.1, -0.05) is 25.0 Å². The quantitative estimate of drug-likeness (QED) is 0.633. The van der Waals surface area contributed by atoms with Crippen molar-refractivity contribution in [3.63, 3.8) is 0 Å². The number of esters is 2. The van der Waals surface area contributed by atoms with E-state index in [1.807, 2.05) is 0 Å². The van der Waals surface area contributed by atoms with Gasteiger partial charge in [-0.3, -0.25) is 4.79 Å². The number of nitrogens with one attached hydrogen (secondary N) is 1. The summed E-state index contributed by atoms with van der Waals surface area (Å²) in [6, 6.07) is 6.78. The fraction of sp³-hybridized carbons (Fsp3) is 0.421. The van der Waals surface area contributed by atoms with Gasteiger partial charge in [-0.05, 0) is 43.5 Å². The molecule has 1 aliphatic rings. The lowest BCUT2D eigenvalue weighted by molar-refractivity contribution is -0.150. The largest absolute Gasteiger partial charge is 0.465 e. The molecule has 0 heterocycles. The monoisotopic (exact) mass is 345 g/mol. The van der Waals surface area contributed by atoms with E-state index in [-0.39, 0.29) is 11.9 Å². The van der Waals surface area contributed by atoms with Gasteiger partial charge in [-0.15, -0.1) is 0 Å². The van der Waals surface area contributed by atoms with Crippen molar-refractivity contribution in [2.45, 2.75) is 44.8 Å². The van der Waals surface area contributed by atoms with E-state index in [0.717, 1.165) is 31.2 Å². The summed E-state index contributed by atoms with van der Waals surface area (Å²) in [5, 5.41) is 2.90. The van der Waals surface area contributed by atoms with Crippen LogP contribution in [0.1, 0.15) is 48.5 Å². The third-order valence-corrected chi connectivity index (χ3v) is 4.11. The number of rotatable bonds is 6. The Balaban J connectivity index is 1.82. The van der Waals surface area contributed by atoms with Gasteiger partial charge in [0, 0.05) is 12.1 Å². The minimum atomic E-state index is -0.834. The van der Waals surface area contributed by atoms with E-state index in [0.29, 0.717) is 5.56 Å². The number of methoxy groups -OCH3 is 1. The number of benzene rings is 1. The molecule has 1 aromatic carbocycles. The van der Waals surface area contributed by atoms with Crippen molar-refractivity contribution < 1.29 is 23.9 Å². The molecule has 0 aromatic heterocycles. The predicted molar refractivity (Wildman–Crippen MR) is 92.8 cm³/mol. The van der Waals surface area contributed by atoms with Gasteiger partial charge in [-0.2, -0.15) is 0 Å². The van der Waals surface area contributed by atoms with Crippen LogP contribution >= 0.6 is 0 Å². The number of carbonyl (C=O) groups excluding carboxylic acids is 3. The van der Waals surface area contributed by atoms with E-state index in [1.54, 1.807) is 37.3 Å². The molecule has 1 atom stereocenters. The molecule has 1 saturated carbocycles. The van der Waals surface area contributed by atoms with Crippen LogP contribution in [0.15, 0.2) is 30.3 Å².